The van der Waals surface area contributed by atoms with E-state index in [1.54, 1.807) is 0 Å². The molecule has 5 heteroatoms. The fourth-order valence-corrected chi connectivity index (χ4v) is 8.37. The first-order chi connectivity index (χ1) is 19.3. The van der Waals surface area contributed by atoms with Gasteiger partial charge in [0.15, 0.2) is 0 Å². The van der Waals surface area contributed by atoms with Gasteiger partial charge in [-0.3, -0.25) is 0 Å². The van der Waals surface area contributed by atoms with Gasteiger partial charge in [0.05, 0.1) is 0 Å². The van der Waals surface area contributed by atoms with Crippen LogP contribution in [0.2, 0.25) is 10.1 Å². The molecule has 0 saturated carbocycles. The topological polar surface area (TPSA) is 38.7 Å². The van der Waals surface area contributed by atoms with Gasteiger partial charge in [0.25, 0.3) is 0 Å². The highest BCUT2D eigenvalue weighted by Gasteiger charge is 2.49. The van der Waals surface area contributed by atoms with Crippen LogP contribution >= 0.6 is 0 Å². The van der Waals surface area contributed by atoms with Crippen LogP contribution in [-0.4, -0.2) is 24.6 Å². The van der Waals surface area contributed by atoms with E-state index in [2.05, 4.69) is 104 Å². The van der Waals surface area contributed by atoms with Crippen LogP contribution in [0.1, 0.15) is 89.1 Å². The van der Waals surface area contributed by atoms with Gasteiger partial charge in [-0.1, -0.05) is 79.7 Å². The fraction of sp³-hybridized carbons (Fsp3) is 0.500. The number of hydrogen-bond acceptors (Lipinski definition) is 3. The quantitative estimate of drug-likeness (QED) is 0.248. The van der Waals surface area contributed by atoms with Crippen LogP contribution in [0.3, 0.4) is 0 Å². The third-order valence-corrected chi connectivity index (χ3v) is 14.8. The van der Waals surface area contributed by atoms with Crippen molar-refractivity contribution < 1.29 is 14.0 Å². The molecule has 3 nitrogen and oxygen atoms in total. The van der Waals surface area contributed by atoms with E-state index in [0.717, 1.165) is 37.2 Å². The Morgan fingerprint density at radius 1 is 0.732 bits per heavy atom. The largest absolute Gasteiger partial charge is 0.549 e. The summed E-state index contributed by atoms with van der Waals surface area (Å²) >= 11 is 0. The second kappa shape index (κ2) is 11.3. The van der Waals surface area contributed by atoms with Gasteiger partial charge in [-0.15, -0.1) is 0 Å². The summed E-state index contributed by atoms with van der Waals surface area (Å²) in [4.78, 5) is 0. The summed E-state index contributed by atoms with van der Waals surface area (Å²) in [5.74, 6) is 4.06. The third kappa shape index (κ3) is 6.31. The molecule has 0 heterocycles. The summed E-state index contributed by atoms with van der Waals surface area (Å²) in [6, 6.07) is 21.7. The molecule has 2 unspecified atom stereocenters. The smallest absolute Gasteiger partial charge is 0.225 e. The Morgan fingerprint density at radius 2 is 1.24 bits per heavy atom. The second-order valence-electron chi connectivity index (χ2n) is 15.0. The van der Waals surface area contributed by atoms with Crippen molar-refractivity contribution in [2.75, 3.05) is 0 Å². The Kier molecular flexibility index (Phi) is 8.25. The summed E-state index contributed by atoms with van der Waals surface area (Å²) < 4.78 is 13.1. The normalized spacial score (nSPS) is 20.7. The van der Waals surface area contributed by atoms with Gasteiger partial charge < -0.3 is 14.0 Å². The minimum atomic E-state index is -0.733. The number of rotatable bonds is 10. The van der Waals surface area contributed by atoms with E-state index in [-0.39, 0.29) is 15.5 Å². The molecule has 3 aromatic carbocycles. The number of phenolic OH excluding ortho intramolecular Hbond substituents is 1. The summed E-state index contributed by atoms with van der Waals surface area (Å²) in [6.45, 7) is 18.6. The van der Waals surface area contributed by atoms with Gasteiger partial charge in [0, 0.05) is 0 Å². The van der Waals surface area contributed by atoms with Crippen LogP contribution in [0, 0.1) is 17.3 Å². The van der Waals surface area contributed by atoms with Crippen molar-refractivity contribution in [2.45, 2.75) is 97.1 Å². The van der Waals surface area contributed by atoms with Gasteiger partial charge in [0.1, 0.15) is 17.2 Å². The summed E-state index contributed by atoms with van der Waals surface area (Å²) in [5, 5.41) is 10.5. The van der Waals surface area contributed by atoms with Crippen LogP contribution < -0.4 is 8.85 Å². The van der Waals surface area contributed by atoms with Crippen molar-refractivity contribution in [2.24, 2.45) is 17.3 Å². The van der Waals surface area contributed by atoms with Crippen molar-refractivity contribution >= 4 is 19.5 Å². The van der Waals surface area contributed by atoms with Gasteiger partial charge in [0.2, 0.25) is 19.5 Å². The minimum absolute atomic E-state index is 0.156. The zero-order valence-electron chi connectivity index (χ0n) is 26.5. The maximum Gasteiger partial charge on any atom is 0.225 e. The molecule has 0 amide bonds. The van der Waals surface area contributed by atoms with E-state index in [1.165, 1.54) is 27.8 Å². The average molecular weight is 587 g/mol. The molecule has 220 valence electrons. The SMILES string of the molecule is CC(C)C(C)(C)[SiH2]Oc1ccc2c(c1)CC1(C2)Cc2ccc(O[SiH2]C(C)(C)C(C)C)cc2C1Cc1ccc(O)cc1. The molecule has 41 heavy (non-hydrogen) atoms. The number of aromatic hydroxyl groups is 1. The molecule has 1 spiro atoms. The van der Waals surface area contributed by atoms with E-state index in [0.29, 0.717) is 23.5 Å². The average Bonchev–Trinajstić information content (AvgIpc) is 3.42. The van der Waals surface area contributed by atoms with Crippen LogP contribution in [0.15, 0.2) is 60.7 Å². The number of hydrogen-bond donors (Lipinski definition) is 1. The molecule has 0 saturated heterocycles. The Morgan fingerprint density at radius 3 is 1.83 bits per heavy atom. The van der Waals surface area contributed by atoms with Crippen molar-refractivity contribution in [3.63, 3.8) is 0 Å². The molecular weight excluding hydrogens is 537 g/mol. The van der Waals surface area contributed by atoms with Crippen LogP contribution in [0.4, 0.5) is 0 Å². The van der Waals surface area contributed by atoms with Gasteiger partial charge in [-0.25, -0.2) is 0 Å². The highest BCUT2D eigenvalue weighted by molar-refractivity contribution is 6.33. The first kappa shape index (κ1) is 30.0. The van der Waals surface area contributed by atoms with Crippen LogP contribution in [0.25, 0.3) is 0 Å². The fourth-order valence-electron chi connectivity index (χ4n) is 6.27. The third-order valence-electron chi connectivity index (χ3n) is 10.8. The molecule has 0 fully saturated rings. The van der Waals surface area contributed by atoms with Crippen molar-refractivity contribution in [3.8, 4) is 17.2 Å². The zero-order chi connectivity index (χ0) is 29.6. The molecule has 0 aliphatic heterocycles. The molecule has 2 atom stereocenters. The summed E-state index contributed by atoms with van der Waals surface area (Å²) in [5.41, 5.74) is 7.31. The van der Waals surface area contributed by atoms with Gasteiger partial charge in [-0.2, -0.15) is 0 Å². The summed E-state index contributed by atoms with van der Waals surface area (Å²) in [7, 11) is -1.43. The van der Waals surface area contributed by atoms with Crippen molar-refractivity contribution in [1.29, 1.82) is 0 Å². The summed E-state index contributed by atoms with van der Waals surface area (Å²) in [6.07, 6.45) is 4.25. The monoisotopic (exact) mass is 586 g/mol. The van der Waals surface area contributed by atoms with E-state index in [4.69, 9.17) is 8.85 Å². The molecule has 3 aromatic rings. The molecular formula is C36H50O3Si2. The first-order valence-electron chi connectivity index (χ1n) is 15.6. The predicted octanol–water partition coefficient (Wildman–Crippen LogP) is 7.69. The van der Waals surface area contributed by atoms with Crippen molar-refractivity contribution in [1.82, 2.24) is 0 Å². The lowest BCUT2D eigenvalue weighted by atomic mass is 9.71. The van der Waals surface area contributed by atoms with E-state index < -0.39 is 19.5 Å². The lowest BCUT2D eigenvalue weighted by Gasteiger charge is -2.32. The standard InChI is InChI=1S/C36H50O3Si2/c1-23(2)34(5,6)40-38-30-15-11-26-20-36(22-28(26)18-30)21-27-12-16-31(39-41-35(7,8)24(3)4)19-32(27)33(36)17-25-9-13-29(37)14-10-25/h9-16,18-19,23-24,33,37H,17,20-22,40-41H2,1-8H3. The molecule has 1 N–H and O–H groups in total. The molecule has 2 aliphatic carbocycles. The van der Waals surface area contributed by atoms with E-state index in [9.17, 15) is 5.11 Å². The Bertz CT molecular complexity index is 1370. The van der Waals surface area contributed by atoms with Crippen LogP contribution in [0.5, 0.6) is 17.2 Å². The Hall–Kier alpha value is -2.51. The Labute approximate surface area is 253 Å². The van der Waals surface area contributed by atoms with E-state index >= 15 is 0 Å². The molecule has 0 radical (unpaired) electrons. The number of benzene rings is 3. The van der Waals surface area contributed by atoms with Crippen molar-refractivity contribution in [3.05, 3.63) is 88.5 Å². The lowest BCUT2D eigenvalue weighted by molar-refractivity contribution is 0.257. The maximum atomic E-state index is 9.93. The highest BCUT2D eigenvalue weighted by atomic mass is 28.2. The molecule has 0 bridgehead atoms. The predicted molar refractivity (Wildman–Crippen MR) is 177 cm³/mol. The lowest BCUT2D eigenvalue weighted by Crippen LogP contribution is -2.28. The molecule has 2 aliphatic rings. The Balaban J connectivity index is 1.42. The number of phenols is 1. The first-order valence-corrected chi connectivity index (χ1v) is 18.1. The van der Waals surface area contributed by atoms with E-state index in [1.807, 2.05) is 12.1 Å². The molecule has 0 aromatic heterocycles. The van der Waals surface area contributed by atoms with Gasteiger partial charge >= 0.3 is 0 Å². The minimum Gasteiger partial charge on any atom is -0.549 e. The second-order valence-corrected chi connectivity index (χ2v) is 19.8. The maximum absolute atomic E-state index is 9.93. The van der Waals surface area contributed by atoms with Crippen LogP contribution in [-0.2, 0) is 25.7 Å². The highest BCUT2D eigenvalue weighted by Crippen LogP contribution is 2.57. The zero-order valence-corrected chi connectivity index (χ0v) is 29.3. The van der Waals surface area contributed by atoms with Gasteiger partial charge in [-0.05, 0) is 123 Å². The molecule has 5 rings (SSSR count). The number of fused-ring (bicyclic) bond motifs is 2.